The van der Waals surface area contributed by atoms with Gasteiger partial charge in [0.15, 0.2) is 0 Å². The topological polar surface area (TPSA) is 29.5 Å². The molecule has 102 valence electrons. The summed E-state index contributed by atoms with van der Waals surface area (Å²) in [6.07, 6.45) is 1.30. The second-order valence-corrected chi connectivity index (χ2v) is 4.97. The number of amides is 1. The van der Waals surface area contributed by atoms with Crippen molar-refractivity contribution in [3.8, 4) is 5.75 Å². The highest BCUT2D eigenvalue weighted by atomic mass is 79.9. The number of carbonyl (C=O) groups is 1. The maximum atomic E-state index is 12.1. The largest absolute Gasteiger partial charge is 0.497 e. The number of rotatable bonds is 4. The molecule has 0 N–H and O–H groups in total. The minimum Gasteiger partial charge on any atom is -0.497 e. The zero-order valence-corrected chi connectivity index (χ0v) is 12.6. The molecule has 1 amide bonds. The molecule has 4 heteroatoms. The van der Waals surface area contributed by atoms with Crippen molar-refractivity contribution in [2.45, 2.75) is 0 Å². The third kappa shape index (κ3) is 3.08. The fraction of sp³-hybridized carbons (Fsp3) is 0.0625. The number of anilines is 2. The molecule has 2 aromatic carbocycles. The molecule has 0 heterocycles. The number of hydrogen-bond acceptors (Lipinski definition) is 2. The molecule has 0 saturated heterocycles. The van der Waals surface area contributed by atoms with Gasteiger partial charge in [-0.05, 0) is 54.6 Å². The number of carbonyl (C=O) groups excluding carboxylic acids is 1. The molecule has 2 aromatic rings. The van der Waals surface area contributed by atoms with Crippen molar-refractivity contribution in [3.05, 3.63) is 65.7 Å². The van der Waals surface area contributed by atoms with E-state index in [0.29, 0.717) is 0 Å². The summed E-state index contributed by atoms with van der Waals surface area (Å²) < 4.78 is 6.09. The number of benzene rings is 2. The van der Waals surface area contributed by atoms with Crippen LogP contribution in [0.25, 0.3) is 0 Å². The summed E-state index contributed by atoms with van der Waals surface area (Å²) in [5, 5.41) is 0. The Morgan fingerprint density at radius 1 is 1.10 bits per heavy atom. The van der Waals surface area contributed by atoms with Gasteiger partial charge in [0, 0.05) is 15.8 Å². The van der Waals surface area contributed by atoms with Gasteiger partial charge in [-0.3, -0.25) is 9.69 Å². The first-order chi connectivity index (χ1) is 9.65. The Labute approximate surface area is 126 Å². The first-order valence-corrected chi connectivity index (χ1v) is 6.81. The summed E-state index contributed by atoms with van der Waals surface area (Å²) in [5.74, 6) is 0.563. The predicted octanol–water partition coefficient (Wildman–Crippen LogP) is 4.31. The van der Waals surface area contributed by atoms with Gasteiger partial charge < -0.3 is 4.74 Å². The summed E-state index contributed by atoms with van der Waals surface area (Å²) in [5.41, 5.74) is 1.54. The van der Waals surface area contributed by atoms with Crippen molar-refractivity contribution >= 4 is 33.2 Å². The number of halogens is 1. The Hall–Kier alpha value is -2.07. The van der Waals surface area contributed by atoms with E-state index in [1.807, 2.05) is 48.5 Å². The molecule has 0 aromatic heterocycles. The first-order valence-electron chi connectivity index (χ1n) is 6.02. The molecular weight excluding hydrogens is 318 g/mol. The van der Waals surface area contributed by atoms with E-state index in [4.69, 9.17) is 4.74 Å². The van der Waals surface area contributed by atoms with Crippen molar-refractivity contribution in [1.82, 2.24) is 0 Å². The maximum absolute atomic E-state index is 12.1. The molecule has 0 saturated carbocycles. The molecule has 0 spiro atoms. The van der Waals surface area contributed by atoms with E-state index in [9.17, 15) is 4.79 Å². The fourth-order valence-electron chi connectivity index (χ4n) is 1.82. The highest BCUT2D eigenvalue weighted by Gasteiger charge is 2.15. The van der Waals surface area contributed by atoms with Gasteiger partial charge in [-0.25, -0.2) is 0 Å². The van der Waals surface area contributed by atoms with Gasteiger partial charge in [-0.1, -0.05) is 22.5 Å². The van der Waals surface area contributed by atoms with Gasteiger partial charge in [0.1, 0.15) is 5.75 Å². The monoisotopic (exact) mass is 331 g/mol. The summed E-state index contributed by atoms with van der Waals surface area (Å²) >= 11 is 3.38. The van der Waals surface area contributed by atoms with Gasteiger partial charge in [0.05, 0.1) is 7.11 Å². The average Bonchev–Trinajstić information content (AvgIpc) is 2.50. The Morgan fingerprint density at radius 2 is 1.60 bits per heavy atom. The van der Waals surface area contributed by atoms with Gasteiger partial charge in [0.25, 0.3) is 5.91 Å². The first kappa shape index (κ1) is 14.3. The lowest BCUT2D eigenvalue weighted by Crippen LogP contribution is -2.23. The van der Waals surface area contributed by atoms with Crippen LogP contribution in [0.2, 0.25) is 0 Å². The van der Waals surface area contributed by atoms with Crippen LogP contribution in [0, 0.1) is 0 Å². The zero-order chi connectivity index (χ0) is 14.5. The molecular formula is C16H14BrNO2. The van der Waals surface area contributed by atoms with Crippen molar-refractivity contribution in [2.75, 3.05) is 12.0 Å². The standard InChI is InChI=1S/C16H14BrNO2/c1-3-16(19)18(13-6-4-12(17)5-7-13)14-8-10-15(20-2)11-9-14/h3-11H,1H2,2H3. The average molecular weight is 332 g/mol. The van der Waals surface area contributed by atoms with Gasteiger partial charge >= 0.3 is 0 Å². The zero-order valence-electron chi connectivity index (χ0n) is 11.0. The Bertz CT molecular complexity index is 605. The lowest BCUT2D eigenvalue weighted by molar-refractivity contribution is -0.113. The smallest absolute Gasteiger partial charge is 0.254 e. The van der Waals surface area contributed by atoms with E-state index in [1.165, 1.54) is 6.08 Å². The fourth-order valence-corrected chi connectivity index (χ4v) is 2.08. The van der Waals surface area contributed by atoms with E-state index in [2.05, 4.69) is 22.5 Å². The van der Waals surface area contributed by atoms with Crippen molar-refractivity contribution in [2.24, 2.45) is 0 Å². The van der Waals surface area contributed by atoms with Gasteiger partial charge in [0.2, 0.25) is 0 Å². The summed E-state index contributed by atoms with van der Waals surface area (Å²) in [6, 6.07) is 14.8. The Kier molecular flexibility index (Phi) is 4.58. The highest BCUT2D eigenvalue weighted by Crippen LogP contribution is 2.28. The van der Waals surface area contributed by atoms with Crippen LogP contribution in [0.15, 0.2) is 65.7 Å². The normalized spacial score (nSPS) is 9.90. The second-order valence-electron chi connectivity index (χ2n) is 4.05. The minimum atomic E-state index is -0.183. The van der Waals surface area contributed by atoms with Gasteiger partial charge in [-0.2, -0.15) is 0 Å². The lowest BCUT2D eigenvalue weighted by atomic mass is 10.2. The third-order valence-electron chi connectivity index (χ3n) is 2.81. The van der Waals surface area contributed by atoms with Crippen molar-refractivity contribution in [1.29, 1.82) is 0 Å². The van der Waals surface area contributed by atoms with Crippen LogP contribution >= 0.6 is 15.9 Å². The summed E-state index contributed by atoms with van der Waals surface area (Å²) in [4.78, 5) is 13.7. The van der Waals surface area contributed by atoms with E-state index in [0.717, 1.165) is 21.6 Å². The number of methoxy groups -OCH3 is 1. The molecule has 0 aliphatic rings. The Balaban J connectivity index is 2.43. The third-order valence-corrected chi connectivity index (χ3v) is 3.34. The summed E-state index contributed by atoms with van der Waals surface area (Å²) in [6.45, 7) is 3.56. The van der Waals surface area contributed by atoms with Crippen LogP contribution in [0.1, 0.15) is 0 Å². The SMILES string of the molecule is C=CC(=O)N(c1ccc(Br)cc1)c1ccc(OC)cc1. The minimum absolute atomic E-state index is 0.183. The van der Waals surface area contributed by atoms with Crippen molar-refractivity contribution < 1.29 is 9.53 Å². The van der Waals surface area contributed by atoms with Crippen molar-refractivity contribution in [3.63, 3.8) is 0 Å². The predicted molar refractivity (Wildman–Crippen MR) is 84.5 cm³/mol. The summed E-state index contributed by atoms with van der Waals surface area (Å²) in [7, 11) is 1.61. The van der Waals surface area contributed by atoms with Gasteiger partial charge in [-0.15, -0.1) is 0 Å². The van der Waals surface area contributed by atoms with E-state index < -0.39 is 0 Å². The molecule has 0 aliphatic carbocycles. The maximum Gasteiger partial charge on any atom is 0.254 e. The molecule has 0 aliphatic heterocycles. The van der Waals surface area contributed by atoms with E-state index in [1.54, 1.807) is 12.0 Å². The molecule has 0 unspecified atom stereocenters. The second kappa shape index (κ2) is 6.39. The molecule has 0 bridgehead atoms. The van der Waals surface area contributed by atoms with Crippen LogP contribution in [0.4, 0.5) is 11.4 Å². The number of hydrogen-bond donors (Lipinski definition) is 0. The van der Waals surface area contributed by atoms with Crippen LogP contribution in [0.3, 0.4) is 0 Å². The number of nitrogens with zero attached hydrogens (tertiary/aromatic N) is 1. The highest BCUT2D eigenvalue weighted by molar-refractivity contribution is 9.10. The molecule has 0 fully saturated rings. The molecule has 20 heavy (non-hydrogen) atoms. The quantitative estimate of drug-likeness (QED) is 0.781. The molecule has 0 atom stereocenters. The van der Waals surface area contributed by atoms with Crippen LogP contribution in [-0.2, 0) is 4.79 Å². The van der Waals surface area contributed by atoms with Crippen LogP contribution in [0.5, 0.6) is 5.75 Å². The van der Waals surface area contributed by atoms with Crippen LogP contribution in [-0.4, -0.2) is 13.0 Å². The molecule has 0 radical (unpaired) electrons. The Morgan fingerprint density at radius 3 is 2.05 bits per heavy atom. The van der Waals surface area contributed by atoms with E-state index >= 15 is 0 Å². The number of ether oxygens (including phenoxy) is 1. The molecule has 3 nitrogen and oxygen atoms in total. The lowest BCUT2D eigenvalue weighted by Gasteiger charge is -2.21. The molecule has 2 rings (SSSR count). The van der Waals surface area contributed by atoms with Crippen LogP contribution < -0.4 is 9.64 Å². The van der Waals surface area contributed by atoms with E-state index in [-0.39, 0.29) is 5.91 Å².